The van der Waals surface area contributed by atoms with Gasteiger partial charge in [0.05, 0.1) is 128 Å². The quantitative estimate of drug-likeness (QED) is 0.0496. The van der Waals surface area contributed by atoms with E-state index in [-0.39, 0.29) is 79.5 Å². The number of nitrogens with one attached hydrogen (secondary N) is 2. The zero-order valence-corrected chi connectivity index (χ0v) is 38.0. The van der Waals surface area contributed by atoms with E-state index in [0.29, 0.717) is 94.8 Å². The lowest BCUT2D eigenvalue weighted by Gasteiger charge is -2.23. The van der Waals surface area contributed by atoms with E-state index in [1.165, 1.54) is 12.1 Å². The third-order valence-corrected chi connectivity index (χ3v) is 9.68. The Morgan fingerprint density at radius 2 is 0.721 bits per heavy atom. The minimum absolute atomic E-state index is 0.000382. The van der Waals surface area contributed by atoms with E-state index < -0.39 is 12.2 Å². The Balaban J connectivity index is 1.47. The second-order valence-corrected chi connectivity index (χ2v) is 16.3. The third kappa shape index (κ3) is 23.7. The maximum atomic E-state index is 10.5. The first-order valence-electron chi connectivity index (χ1n) is 21.6. The maximum absolute atomic E-state index is 10.5. The summed E-state index contributed by atoms with van der Waals surface area (Å²) in [6.45, 7) is 21.4. The van der Waals surface area contributed by atoms with Crippen LogP contribution in [0.3, 0.4) is 0 Å². The van der Waals surface area contributed by atoms with Gasteiger partial charge in [0.15, 0.2) is 0 Å². The lowest BCUT2D eigenvalue weighted by Crippen LogP contribution is -2.36. The van der Waals surface area contributed by atoms with Gasteiger partial charge in [-0.3, -0.25) is 0 Å². The molecule has 0 amide bonds. The first-order valence-corrected chi connectivity index (χ1v) is 21.6. The van der Waals surface area contributed by atoms with Crippen LogP contribution in [-0.4, -0.2) is 158 Å². The molecule has 0 spiro atoms. The van der Waals surface area contributed by atoms with Crippen LogP contribution in [0.5, 0.6) is 11.5 Å². The second kappa shape index (κ2) is 30.5. The molecule has 11 atom stereocenters. The maximum Gasteiger partial charge on any atom is 0.121 e. The van der Waals surface area contributed by atoms with Crippen LogP contribution < -0.4 is 10.6 Å². The number of aromatic hydroxyl groups is 2. The van der Waals surface area contributed by atoms with Crippen LogP contribution in [0.15, 0.2) is 36.4 Å². The van der Waals surface area contributed by atoms with Crippen molar-refractivity contribution >= 4 is 0 Å². The van der Waals surface area contributed by atoms with Crippen LogP contribution in [0, 0.1) is 0 Å². The van der Waals surface area contributed by atoms with Crippen molar-refractivity contribution in [2.45, 2.75) is 143 Å². The molecule has 352 valence electrons. The lowest BCUT2D eigenvalue weighted by atomic mass is 10.1. The van der Waals surface area contributed by atoms with Gasteiger partial charge in [-0.05, 0) is 97.7 Å². The fourth-order valence-corrected chi connectivity index (χ4v) is 5.71. The Hall–Kier alpha value is -2.52. The zero-order valence-electron chi connectivity index (χ0n) is 38.0. The van der Waals surface area contributed by atoms with Gasteiger partial charge >= 0.3 is 0 Å². The van der Waals surface area contributed by atoms with Crippen molar-refractivity contribution in [3.63, 3.8) is 0 Å². The van der Waals surface area contributed by atoms with Gasteiger partial charge < -0.3 is 79.2 Å². The van der Waals surface area contributed by atoms with Gasteiger partial charge in [0, 0.05) is 36.3 Å². The average Bonchev–Trinajstić information content (AvgIpc) is 3.25. The number of hydrogen-bond acceptors (Lipinski definition) is 16. The Morgan fingerprint density at radius 3 is 1.05 bits per heavy atom. The first-order chi connectivity index (χ1) is 29.0. The normalized spacial score (nSPS) is 17.5. The van der Waals surface area contributed by atoms with E-state index in [2.05, 4.69) is 10.6 Å². The van der Waals surface area contributed by atoms with E-state index in [1.54, 1.807) is 24.3 Å². The van der Waals surface area contributed by atoms with Gasteiger partial charge in [-0.1, -0.05) is 12.1 Å². The van der Waals surface area contributed by atoms with Gasteiger partial charge in [0.2, 0.25) is 0 Å². The highest BCUT2D eigenvalue weighted by atomic mass is 16.6. The number of aliphatic hydroxyl groups is 4. The monoisotopic (exact) mass is 871 g/mol. The third-order valence-electron chi connectivity index (χ3n) is 9.68. The molecule has 16 heteroatoms. The molecule has 2 aromatic rings. The summed E-state index contributed by atoms with van der Waals surface area (Å²) >= 11 is 0. The van der Waals surface area contributed by atoms with Crippen molar-refractivity contribution in [1.29, 1.82) is 0 Å². The SMILES string of the molecule is CC(COCC(C)OCC(C)OCC(C)OCC(C)OCC(C)OCC(C)OCC(C)OCC(C)NCC(O)c1ccc(O)c(CO)c1)NCC(O)c1ccc(O)c(CO)c1. The van der Waals surface area contributed by atoms with Crippen molar-refractivity contribution in [3.05, 3.63) is 58.7 Å². The summed E-state index contributed by atoms with van der Waals surface area (Å²) in [7, 11) is 0. The molecule has 0 aliphatic heterocycles. The van der Waals surface area contributed by atoms with Crippen LogP contribution in [0.1, 0.15) is 96.8 Å². The Bertz CT molecular complexity index is 1440. The highest BCUT2D eigenvalue weighted by Gasteiger charge is 2.17. The Labute approximate surface area is 363 Å². The average molecular weight is 871 g/mol. The lowest BCUT2D eigenvalue weighted by molar-refractivity contribution is -0.108. The fraction of sp³-hybridized carbons (Fsp3) is 0.733. The van der Waals surface area contributed by atoms with Gasteiger partial charge in [0.25, 0.3) is 0 Å². The largest absolute Gasteiger partial charge is 0.508 e. The summed E-state index contributed by atoms with van der Waals surface area (Å²) in [5.74, 6) is 0.00107. The van der Waals surface area contributed by atoms with Crippen molar-refractivity contribution in [3.8, 4) is 11.5 Å². The number of ether oxygens (including phenoxy) is 8. The molecule has 61 heavy (non-hydrogen) atoms. The first kappa shape index (κ1) is 54.6. The van der Waals surface area contributed by atoms with Crippen LogP contribution in [0.25, 0.3) is 0 Å². The standard InChI is InChI=1S/C45H78N2O14/c1-29(46-16-44(52)38-10-12-42(50)40(14-38)18-48)20-54-22-31(3)56-24-33(5)58-26-35(7)60-28-37(9)61-27-36(8)59-25-34(6)57-23-32(4)55-21-30(2)47-17-45(53)39-11-13-43(51)41(15-39)19-49/h10-15,29-37,44-53H,16-28H2,1-9H3. The molecule has 11 unspecified atom stereocenters. The van der Waals surface area contributed by atoms with Crippen molar-refractivity contribution in [2.75, 3.05) is 72.6 Å². The van der Waals surface area contributed by atoms with Crippen molar-refractivity contribution in [1.82, 2.24) is 10.6 Å². The van der Waals surface area contributed by atoms with Crippen LogP contribution in [0.4, 0.5) is 0 Å². The number of hydrogen-bond donors (Lipinski definition) is 8. The molecule has 0 aliphatic carbocycles. The molecule has 0 radical (unpaired) electrons. The predicted octanol–water partition coefficient (Wildman–Crippen LogP) is 3.66. The highest BCUT2D eigenvalue weighted by molar-refractivity contribution is 5.37. The minimum atomic E-state index is -0.789. The van der Waals surface area contributed by atoms with Crippen LogP contribution in [-0.2, 0) is 51.1 Å². The van der Waals surface area contributed by atoms with Crippen LogP contribution >= 0.6 is 0 Å². The van der Waals surface area contributed by atoms with Crippen molar-refractivity contribution in [2.24, 2.45) is 0 Å². The van der Waals surface area contributed by atoms with Gasteiger partial charge in [-0.2, -0.15) is 0 Å². The van der Waals surface area contributed by atoms with E-state index in [0.717, 1.165) is 0 Å². The fourth-order valence-electron chi connectivity index (χ4n) is 5.71. The molecule has 2 rings (SSSR count). The topological polar surface area (TPSA) is 219 Å². The summed E-state index contributed by atoms with van der Waals surface area (Å²) in [5.41, 5.74) is 1.97. The van der Waals surface area contributed by atoms with E-state index in [4.69, 9.17) is 37.9 Å². The number of benzene rings is 2. The summed E-state index contributed by atoms with van der Waals surface area (Å²) in [6.07, 6.45) is -2.49. The molecule has 0 aromatic heterocycles. The summed E-state index contributed by atoms with van der Waals surface area (Å²) in [6, 6.07) is 9.36. The summed E-state index contributed by atoms with van der Waals surface area (Å²) < 4.78 is 47.3. The molecule has 0 fully saturated rings. The van der Waals surface area contributed by atoms with E-state index in [1.807, 2.05) is 62.3 Å². The number of rotatable bonds is 35. The number of aliphatic hydroxyl groups excluding tert-OH is 4. The van der Waals surface area contributed by atoms with Gasteiger partial charge in [-0.25, -0.2) is 0 Å². The minimum Gasteiger partial charge on any atom is -0.508 e. The van der Waals surface area contributed by atoms with E-state index >= 15 is 0 Å². The second-order valence-electron chi connectivity index (χ2n) is 16.3. The van der Waals surface area contributed by atoms with Crippen molar-refractivity contribution < 1.29 is 68.5 Å². The van der Waals surface area contributed by atoms with Crippen LogP contribution in [0.2, 0.25) is 0 Å². The molecular formula is C45H78N2O14. The molecule has 0 saturated carbocycles. The molecule has 8 N–H and O–H groups in total. The number of phenols is 2. The zero-order chi connectivity index (χ0) is 45.3. The molecule has 16 nitrogen and oxygen atoms in total. The molecule has 0 bridgehead atoms. The molecule has 2 aromatic carbocycles. The molecular weight excluding hydrogens is 792 g/mol. The van der Waals surface area contributed by atoms with E-state index in [9.17, 15) is 30.6 Å². The molecule has 0 heterocycles. The van der Waals surface area contributed by atoms with Gasteiger partial charge in [0.1, 0.15) is 11.5 Å². The Morgan fingerprint density at radius 1 is 0.426 bits per heavy atom. The Kier molecular flexibility index (Phi) is 27.3. The molecule has 0 aliphatic rings. The smallest absolute Gasteiger partial charge is 0.121 e. The summed E-state index contributed by atoms with van der Waals surface area (Å²) in [4.78, 5) is 0. The predicted molar refractivity (Wildman–Crippen MR) is 232 cm³/mol. The highest BCUT2D eigenvalue weighted by Crippen LogP contribution is 2.23. The van der Waals surface area contributed by atoms with Gasteiger partial charge in [-0.15, -0.1) is 0 Å². The molecule has 0 saturated heterocycles. The summed E-state index contributed by atoms with van der Waals surface area (Å²) in [5, 5.41) is 65.6.